The number of hydrogen-bond donors (Lipinski definition) is 0. The molecule has 1 heterocycles. The second-order valence-corrected chi connectivity index (χ2v) is 5.66. The van der Waals surface area contributed by atoms with Gasteiger partial charge in [0.2, 0.25) is 0 Å². The molecule has 0 amide bonds. The van der Waals surface area contributed by atoms with Crippen molar-refractivity contribution in [3.05, 3.63) is 29.3 Å². The van der Waals surface area contributed by atoms with Gasteiger partial charge in [-0.05, 0) is 61.9 Å². The molecule has 1 saturated heterocycles. The summed E-state index contributed by atoms with van der Waals surface area (Å²) in [6.45, 7) is 4.84. The molecule has 2 aliphatic rings. The van der Waals surface area contributed by atoms with Crippen LogP contribution in [-0.4, -0.2) is 31.1 Å². The first kappa shape index (κ1) is 14.7. The van der Waals surface area contributed by atoms with Crippen molar-refractivity contribution >= 4 is 12.4 Å². The first-order chi connectivity index (χ1) is 8.83. The van der Waals surface area contributed by atoms with Gasteiger partial charge in [0.15, 0.2) is 0 Å². The summed E-state index contributed by atoms with van der Waals surface area (Å²) in [6, 6.07) is 7.32. The lowest BCUT2D eigenvalue weighted by Crippen LogP contribution is -2.38. The van der Waals surface area contributed by atoms with Gasteiger partial charge in [-0.25, -0.2) is 0 Å². The standard InChI is InChI=1S/C16H23NO.ClH/c1-3-8-17-9-7-13-10-14-12(11-15(13)17)5-4-6-16(14)18-2;/h4-6,13,15H,3,7-11H2,1-2H3;1H/t13-,15-;/m1./s1. The molecule has 0 unspecified atom stereocenters. The van der Waals surface area contributed by atoms with E-state index >= 15 is 0 Å². The Bertz CT molecular complexity index is 435. The highest BCUT2D eigenvalue weighted by molar-refractivity contribution is 5.85. The van der Waals surface area contributed by atoms with Gasteiger partial charge in [0.05, 0.1) is 7.11 Å². The number of methoxy groups -OCH3 is 1. The number of rotatable bonds is 3. The number of benzene rings is 1. The van der Waals surface area contributed by atoms with Crippen molar-refractivity contribution in [3.63, 3.8) is 0 Å². The van der Waals surface area contributed by atoms with Crippen LogP contribution >= 0.6 is 12.4 Å². The van der Waals surface area contributed by atoms with Crippen LogP contribution in [0.1, 0.15) is 30.9 Å². The van der Waals surface area contributed by atoms with Crippen molar-refractivity contribution in [2.45, 2.75) is 38.6 Å². The first-order valence-corrected chi connectivity index (χ1v) is 7.22. The molecule has 106 valence electrons. The maximum atomic E-state index is 5.52. The maximum Gasteiger partial charge on any atom is 0.122 e. The predicted octanol–water partition coefficient (Wildman–Crippen LogP) is 3.32. The smallest absolute Gasteiger partial charge is 0.122 e. The third kappa shape index (κ3) is 2.61. The first-order valence-electron chi connectivity index (χ1n) is 7.22. The quantitative estimate of drug-likeness (QED) is 0.843. The van der Waals surface area contributed by atoms with Crippen molar-refractivity contribution in [1.29, 1.82) is 0 Å². The number of fused-ring (bicyclic) bond motifs is 2. The molecule has 1 aliphatic heterocycles. The van der Waals surface area contributed by atoms with Crippen LogP contribution in [0.25, 0.3) is 0 Å². The van der Waals surface area contributed by atoms with Crippen LogP contribution < -0.4 is 4.74 Å². The van der Waals surface area contributed by atoms with E-state index < -0.39 is 0 Å². The molecular weight excluding hydrogens is 258 g/mol. The lowest BCUT2D eigenvalue weighted by atomic mass is 9.80. The van der Waals surface area contributed by atoms with Gasteiger partial charge in [0.25, 0.3) is 0 Å². The molecule has 2 nitrogen and oxygen atoms in total. The summed E-state index contributed by atoms with van der Waals surface area (Å²) in [5.74, 6) is 1.94. The van der Waals surface area contributed by atoms with E-state index in [-0.39, 0.29) is 12.4 Å². The van der Waals surface area contributed by atoms with Crippen molar-refractivity contribution < 1.29 is 4.74 Å². The van der Waals surface area contributed by atoms with E-state index in [1.807, 2.05) is 0 Å². The minimum atomic E-state index is 0. The highest BCUT2D eigenvalue weighted by Gasteiger charge is 2.37. The van der Waals surface area contributed by atoms with Crippen molar-refractivity contribution in [1.82, 2.24) is 4.90 Å². The largest absolute Gasteiger partial charge is 0.496 e. The second-order valence-electron chi connectivity index (χ2n) is 5.66. The van der Waals surface area contributed by atoms with Gasteiger partial charge in [0.1, 0.15) is 5.75 Å². The summed E-state index contributed by atoms with van der Waals surface area (Å²) >= 11 is 0. The molecule has 0 N–H and O–H groups in total. The summed E-state index contributed by atoms with van der Waals surface area (Å²) in [5.41, 5.74) is 2.98. The molecule has 0 spiro atoms. The molecule has 0 saturated carbocycles. The van der Waals surface area contributed by atoms with Gasteiger partial charge >= 0.3 is 0 Å². The molecule has 0 bridgehead atoms. The lowest BCUT2D eigenvalue weighted by molar-refractivity contribution is 0.215. The highest BCUT2D eigenvalue weighted by atomic mass is 35.5. The third-order valence-corrected chi connectivity index (χ3v) is 4.66. The fraction of sp³-hybridized carbons (Fsp3) is 0.625. The van der Waals surface area contributed by atoms with Crippen LogP contribution in [-0.2, 0) is 12.8 Å². The molecule has 0 radical (unpaired) electrons. The second kappa shape index (κ2) is 6.15. The maximum absolute atomic E-state index is 5.52. The molecule has 1 fully saturated rings. The van der Waals surface area contributed by atoms with Crippen molar-refractivity contribution in [2.24, 2.45) is 5.92 Å². The van der Waals surface area contributed by atoms with Crippen LogP contribution in [0.3, 0.4) is 0 Å². The van der Waals surface area contributed by atoms with Crippen LogP contribution in [0.2, 0.25) is 0 Å². The Kier molecular flexibility index (Phi) is 4.75. The van der Waals surface area contributed by atoms with Crippen molar-refractivity contribution in [2.75, 3.05) is 20.2 Å². The Hall–Kier alpha value is -0.730. The molecule has 1 aromatic rings. The zero-order chi connectivity index (χ0) is 12.5. The number of nitrogens with zero attached hydrogens (tertiary/aromatic N) is 1. The summed E-state index contributed by atoms with van der Waals surface area (Å²) < 4.78 is 5.52. The van der Waals surface area contributed by atoms with Crippen LogP contribution in [0, 0.1) is 5.92 Å². The summed E-state index contributed by atoms with van der Waals surface area (Å²) in [6.07, 6.45) is 5.07. The molecule has 2 atom stereocenters. The van der Waals surface area contributed by atoms with Crippen LogP contribution in [0.15, 0.2) is 18.2 Å². The Labute approximate surface area is 122 Å². The lowest BCUT2D eigenvalue weighted by Gasteiger charge is -2.33. The normalized spacial score (nSPS) is 25.4. The Morgan fingerprint density at radius 3 is 2.89 bits per heavy atom. The minimum Gasteiger partial charge on any atom is -0.496 e. The fourth-order valence-corrected chi connectivity index (χ4v) is 3.80. The predicted molar refractivity (Wildman–Crippen MR) is 81.4 cm³/mol. The SMILES string of the molecule is CCCN1CC[C@@H]2Cc3c(cccc3OC)C[C@H]21.Cl. The molecule has 0 aromatic heterocycles. The summed E-state index contributed by atoms with van der Waals surface area (Å²) in [7, 11) is 1.79. The third-order valence-electron chi connectivity index (χ3n) is 4.66. The Morgan fingerprint density at radius 1 is 1.32 bits per heavy atom. The molecular formula is C16H24ClNO. The van der Waals surface area contributed by atoms with E-state index in [4.69, 9.17) is 4.74 Å². The summed E-state index contributed by atoms with van der Waals surface area (Å²) in [5, 5.41) is 0. The topological polar surface area (TPSA) is 12.5 Å². The van der Waals surface area contributed by atoms with Gasteiger partial charge in [-0.1, -0.05) is 19.1 Å². The van der Waals surface area contributed by atoms with E-state index in [1.54, 1.807) is 7.11 Å². The average Bonchev–Trinajstić information content (AvgIpc) is 2.79. The van der Waals surface area contributed by atoms with E-state index in [1.165, 1.54) is 49.9 Å². The summed E-state index contributed by atoms with van der Waals surface area (Å²) in [4.78, 5) is 2.70. The van der Waals surface area contributed by atoms with Gasteiger partial charge in [-0.15, -0.1) is 12.4 Å². The van der Waals surface area contributed by atoms with E-state index in [0.717, 1.165) is 17.7 Å². The van der Waals surface area contributed by atoms with Crippen LogP contribution in [0.4, 0.5) is 0 Å². The monoisotopic (exact) mass is 281 g/mol. The molecule has 19 heavy (non-hydrogen) atoms. The average molecular weight is 282 g/mol. The Balaban J connectivity index is 0.00000133. The van der Waals surface area contributed by atoms with Gasteiger partial charge in [0, 0.05) is 6.04 Å². The molecule has 3 rings (SSSR count). The number of halogens is 1. The van der Waals surface area contributed by atoms with Crippen LogP contribution in [0.5, 0.6) is 5.75 Å². The molecule has 3 heteroatoms. The number of likely N-dealkylation sites (tertiary alicyclic amines) is 1. The van der Waals surface area contributed by atoms with Gasteiger partial charge in [-0.2, -0.15) is 0 Å². The number of ether oxygens (including phenoxy) is 1. The van der Waals surface area contributed by atoms with E-state index in [0.29, 0.717) is 0 Å². The van der Waals surface area contributed by atoms with Gasteiger partial charge in [-0.3, -0.25) is 4.90 Å². The molecule has 1 aromatic carbocycles. The van der Waals surface area contributed by atoms with E-state index in [2.05, 4.69) is 30.0 Å². The Morgan fingerprint density at radius 2 is 2.16 bits per heavy atom. The molecule has 1 aliphatic carbocycles. The van der Waals surface area contributed by atoms with Gasteiger partial charge < -0.3 is 4.74 Å². The van der Waals surface area contributed by atoms with Crippen molar-refractivity contribution in [3.8, 4) is 5.75 Å². The highest BCUT2D eigenvalue weighted by Crippen LogP contribution is 2.39. The van der Waals surface area contributed by atoms with E-state index in [9.17, 15) is 0 Å². The number of hydrogen-bond acceptors (Lipinski definition) is 2. The minimum absolute atomic E-state index is 0. The zero-order valence-electron chi connectivity index (χ0n) is 11.9. The zero-order valence-corrected chi connectivity index (χ0v) is 12.7. The fourth-order valence-electron chi connectivity index (χ4n) is 3.80.